The van der Waals surface area contributed by atoms with Gasteiger partial charge in [-0.3, -0.25) is 0 Å². The number of aryl methyl sites for hydroxylation is 1. The summed E-state index contributed by atoms with van der Waals surface area (Å²) in [4.78, 5) is 4.59. The van der Waals surface area contributed by atoms with E-state index >= 15 is 0 Å². The molecule has 0 fully saturated rings. The Kier molecular flexibility index (Phi) is 3.32. The van der Waals surface area contributed by atoms with E-state index in [2.05, 4.69) is 4.98 Å². The zero-order valence-electron chi connectivity index (χ0n) is 10.8. The molecule has 1 heterocycles. The topological polar surface area (TPSA) is 38.0 Å². The van der Waals surface area contributed by atoms with Crippen LogP contribution in [0, 0.1) is 0 Å². The van der Waals surface area contributed by atoms with Crippen molar-refractivity contribution < 1.29 is 5.11 Å². The van der Waals surface area contributed by atoms with Crippen LogP contribution >= 0.6 is 23.2 Å². The molecular weight excluding hydrogens is 295 g/mol. The maximum atomic E-state index is 10.1. The third-order valence-corrected chi connectivity index (χ3v) is 3.70. The standard InChI is InChI=1S/C15H12Cl2N2O/c1-2-19-13-7-9(16)4-6-12(13)18-15(19)11-5-3-10(17)8-14(11)20/h3-8,20H,2H2,1H3. The molecule has 5 heteroatoms. The van der Waals surface area contributed by atoms with Gasteiger partial charge in [-0.15, -0.1) is 0 Å². The molecule has 1 aromatic heterocycles. The van der Waals surface area contributed by atoms with Gasteiger partial charge in [0, 0.05) is 16.6 Å². The molecule has 0 aliphatic rings. The molecule has 0 aliphatic carbocycles. The summed E-state index contributed by atoms with van der Waals surface area (Å²) in [5, 5.41) is 11.2. The van der Waals surface area contributed by atoms with Crippen LogP contribution in [0.5, 0.6) is 5.75 Å². The maximum Gasteiger partial charge on any atom is 0.144 e. The highest BCUT2D eigenvalue weighted by Gasteiger charge is 2.15. The van der Waals surface area contributed by atoms with Crippen LogP contribution in [0.15, 0.2) is 36.4 Å². The lowest BCUT2D eigenvalue weighted by Crippen LogP contribution is -1.97. The number of phenolic OH excluding ortho intramolecular Hbond substituents is 1. The lowest BCUT2D eigenvalue weighted by molar-refractivity contribution is 0.476. The summed E-state index contributed by atoms with van der Waals surface area (Å²) in [6, 6.07) is 10.6. The minimum absolute atomic E-state index is 0.119. The van der Waals surface area contributed by atoms with Crippen LogP contribution in [0.1, 0.15) is 6.92 Å². The van der Waals surface area contributed by atoms with Crippen molar-refractivity contribution in [3.63, 3.8) is 0 Å². The van der Waals surface area contributed by atoms with Crippen molar-refractivity contribution in [3.8, 4) is 17.1 Å². The number of nitrogens with zero attached hydrogens (tertiary/aromatic N) is 2. The summed E-state index contributed by atoms with van der Waals surface area (Å²) in [6.07, 6.45) is 0. The zero-order chi connectivity index (χ0) is 14.3. The van der Waals surface area contributed by atoms with E-state index in [1.54, 1.807) is 12.1 Å². The molecule has 102 valence electrons. The number of rotatable bonds is 2. The molecule has 0 bridgehead atoms. The fourth-order valence-electron chi connectivity index (χ4n) is 2.32. The number of phenols is 1. The van der Waals surface area contributed by atoms with E-state index in [4.69, 9.17) is 23.2 Å². The van der Waals surface area contributed by atoms with Gasteiger partial charge < -0.3 is 9.67 Å². The molecule has 0 unspecified atom stereocenters. The van der Waals surface area contributed by atoms with E-state index < -0.39 is 0 Å². The third kappa shape index (κ3) is 2.13. The van der Waals surface area contributed by atoms with Gasteiger partial charge >= 0.3 is 0 Å². The van der Waals surface area contributed by atoms with Crippen LogP contribution in [0.2, 0.25) is 10.0 Å². The second-order valence-electron chi connectivity index (χ2n) is 4.47. The van der Waals surface area contributed by atoms with E-state index in [1.165, 1.54) is 6.07 Å². The monoisotopic (exact) mass is 306 g/mol. The fourth-order valence-corrected chi connectivity index (χ4v) is 2.65. The van der Waals surface area contributed by atoms with Gasteiger partial charge in [0.2, 0.25) is 0 Å². The van der Waals surface area contributed by atoms with Gasteiger partial charge in [-0.25, -0.2) is 4.98 Å². The highest BCUT2D eigenvalue weighted by atomic mass is 35.5. The van der Waals surface area contributed by atoms with Crippen molar-refractivity contribution in [3.05, 3.63) is 46.4 Å². The Labute approximate surface area is 126 Å². The van der Waals surface area contributed by atoms with Crippen LogP contribution in [0.25, 0.3) is 22.4 Å². The first-order chi connectivity index (χ1) is 9.60. The van der Waals surface area contributed by atoms with Crippen LogP contribution in [0.4, 0.5) is 0 Å². The largest absolute Gasteiger partial charge is 0.507 e. The molecule has 0 saturated heterocycles. The fraction of sp³-hybridized carbons (Fsp3) is 0.133. The minimum atomic E-state index is 0.119. The Bertz CT molecular complexity index is 796. The van der Waals surface area contributed by atoms with Gasteiger partial charge in [0.15, 0.2) is 0 Å². The third-order valence-electron chi connectivity index (χ3n) is 3.23. The molecule has 0 spiro atoms. The maximum absolute atomic E-state index is 10.1. The number of aromatic hydroxyl groups is 1. The van der Waals surface area contributed by atoms with E-state index in [0.717, 1.165) is 17.6 Å². The first-order valence-electron chi connectivity index (χ1n) is 6.25. The number of hydrogen-bond acceptors (Lipinski definition) is 2. The SMILES string of the molecule is CCn1c(-c2ccc(Cl)cc2O)nc2ccc(Cl)cc21. The van der Waals surface area contributed by atoms with Crippen LogP contribution in [-0.4, -0.2) is 14.7 Å². The summed E-state index contributed by atoms with van der Waals surface area (Å²) in [6.45, 7) is 2.76. The Hall–Kier alpha value is -1.71. The van der Waals surface area contributed by atoms with Gasteiger partial charge in [0.05, 0.1) is 16.6 Å². The molecule has 3 rings (SSSR count). The number of benzene rings is 2. The second-order valence-corrected chi connectivity index (χ2v) is 5.35. The predicted octanol–water partition coefficient (Wildman–Crippen LogP) is 4.74. The number of hydrogen-bond donors (Lipinski definition) is 1. The molecule has 0 amide bonds. The first-order valence-corrected chi connectivity index (χ1v) is 7.00. The minimum Gasteiger partial charge on any atom is -0.507 e. The lowest BCUT2D eigenvalue weighted by atomic mass is 10.2. The Morgan fingerprint density at radius 1 is 1.10 bits per heavy atom. The van der Waals surface area contributed by atoms with Crippen molar-refractivity contribution in [2.45, 2.75) is 13.5 Å². The molecule has 3 aromatic rings. The van der Waals surface area contributed by atoms with E-state index in [9.17, 15) is 5.11 Å². The summed E-state index contributed by atoms with van der Waals surface area (Å²) in [5.41, 5.74) is 2.45. The number of fused-ring (bicyclic) bond motifs is 1. The smallest absolute Gasteiger partial charge is 0.144 e. The Morgan fingerprint density at radius 3 is 2.50 bits per heavy atom. The van der Waals surface area contributed by atoms with Crippen LogP contribution < -0.4 is 0 Å². The summed E-state index contributed by atoms with van der Waals surface area (Å²) < 4.78 is 2.02. The molecule has 3 nitrogen and oxygen atoms in total. The Balaban J connectivity index is 2.30. The summed E-state index contributed by atoms with van der Waals surface area (Å²) in [5.74, 6) is 0.826. The van der Waals surface area contributed by atoms with Gasteiger partial charge in [0.25, 0.3) is 0 Å². The van der Waals surface area contributed by atoms with Crippen molar-refractivity contribution in [2.24, 2.45) is 0 Å². The van der Waals surface area contributed by atoms with Gasteiger partial charge in [-0.2, -0.15) is 0 Å². The van der Waals surface area contributed by atoms with E-state index in [1.807, 2.05) is 29.7 Å². The van der Waals surface area contributed by atoms with Crippen molar-refractivity contribution in [1.82, 2.24) is 9.55 Å². The number of imidazole rings is 1. The molecule has 0 radical (unpaired) electrons. The average molecular weight is 307 g/mol. The molecule has 2 aromatic carbocycles. The van der Waals surface area contributed by atoms with Gasteiger partial charge in [-0.1, -0.05) is 23.2 Å². The Morgan fingerprint density at radius 2 is 1.80 bits per heavy atom. The molecule has 1 N–H and O–H groups in total. The molecule has 0 atom stereocenters. The highest BCUT2D eigenvalue weighted by molar-refractivity contribution is 6.31. The highest BCUT2D eigenvalue weighted by Crippen LogP contribution is 2.33. The molecule has 0 saturated carbocycles. The van der Waals surface area contributed by atoms with E-state index in [0.29, 0.717) is 21.4 Å². The van der Waals surface area contributed by atoms with Crippen molar-refractivity contribution in [1.29, 1.82) is 0 Å². The quantitative estimate of drug-likeness (QED) is 0.743. The molecule has 0 aliphatic heterocycles. The average Bonchev–Trinajstić information content (AvgIpc) is 2.76. The molecular formula is C15H12Cl2N2O. The van der Waals surface area contributed by atoms with Crippen molar-refractivity contribution in [2.75, 3.05) is 0 Å². The molecule has 20 heavy (non-hydrogen) atoms. The van der Waals surface area contributed by atoms with Crippen LogP contribution in [0.3, 0.4) is 0 Å². The van der Waals surface area contributed by atoms with E-state index in [-0.39, 0.29) is 5.75 Å². The number of aromatic nitrogens is 2. The lowest BCUT2D eigenvalue weighted by Gasteiger charge is -2.08. The van der Waals surface area contributed by atoms with Gasteiger partial charge in [-0.05, 0) is 43.3 Å². The van der Waals surface area contributed by atoms with Gasteiger partial charge in [0.1, 0.15) is 11.6 Å². The second kappa shape index (κ2) is 5.00. The predicted molar refractivity (Wildman–Crippen MR) is 82.5 cm³/mol. The zero-order valence-corrected chi connectivity index (χ0v) is 12.3. The van der Waals surface area contributed by atoms with Crippen LogP contribution in [-0.2, 0) is 6.54 Å². The first kappa shape index (κ1) is 13.3. The summed E-state index contributed by atoms with van der Waals surface area (Å²) >= 11 is 11.9. The van der Waals surface area contributed by atoms with Crippen molar-refractivity contribution >= 4 is 34.2 Å². The summed E-state index contributed by atoms with van der Waals surface area (Å²) in [7, 11) is 0. The normalized spacial score (nSPS) is 11.2. The number of halogens is 2.